The fraction of sp³-hybridized carbons (Fsp3) is 0.474. The summed E-state index contributed by atoms with van der Waals surface area (Å²) in [7, 11) is 5.36. The minimum Gasteiger partial charge on any atom is -0.497 e. The number of aromatic nitrogens is 1. The summed E-state index contributed by atoms with van der Waals surface area (Å²) in [6.45, 7) is 5.95. The second kappa shape index (κ2) is 9.70. The molecule has 142 valence electrons. The number of rotatable bonds is 8. The van der Waals surface area contributed by atoms with Gasteiger partial charge in [0.2, 0.25) is 0 Å². The zero-order chi connectivity index (χ0) is 18.9. The van der Waals surface area contributed by atoms with E-state index in [1.165, 1.54) is 0 Å². The van der Waals surface area contributed by atoms with Gasteiger partial charge in [0.15, 0.2) is 11.7 Å². The molecule has 26 heavy (non-hydrogen) atoms. The Balaban J connectivity index is 1.77. The predicted molar refractivity (Wildman–Crippen MR) is 102 cm³/mol. The van der Waals surface area contributed by atoms with Crippen molar-refractivity contribution in [1.29, 1.82) is 0 Å². The molecule has 0 amide bonds. The molecular weight excluding hydrogens is 332 g/mol. The number of methoxy groups -OCH3 is 1. The van der Waals surface area contributed by atoms with Crippen molar-refractivity contribution in [2.45, 2.75) is 26.3 Å². The average molecular weight is 360 g/mol. The van der Waals surface area contributed by atoms with E-state index in [0.29, 0.717) is 25.6 Å². The predicted octanol–water partition coefficient (Wildman–Crippen LogP) is 2.89. The number of nitrogens with one attached hydrogen (secondary N) is 1. The van der Waals surface area contributed by atoms with Gasteiger partial charge in [-0.2, -0.15) is 0 Å². The topological polar surface area (TPSA) is 72.1 Å². The van der Waals surface area contributed by atoms with Gasteiger partial charge < -0.3 is 24.2 Å². The van der Waals surface area contributed by atoms with Gasteiger partial charge in [0.05, 0.1) is 25.9 Å². The molecule has 2 aromatic rings. The van der Waals surface area contributed by atoms with Gasteiger partial charge in [-0.3, -0.25) is 4.99 Å². The van der Waals surface area contributed by atoms with Crippen LogP contribution < -0.4 is 14.8 Å². The van der Waals surface area contributed by atoms with E-state index in [1.807, 2.05) is 42.3 Å². The van der Waals surface area contributed by atoms with E-state index in [0.717, 1.165) is 28.9 Å². The van der Waals surface area contributed by atoms with Crippen LogP contribution in [0.15, 0.2) is 39.8 Å². The Morgan fingerprint density at radius 3 is 2.54 bits per heavy atom. The molecule has 1 aromatic heterocycles. The number of benzene rings is 1. The van der Waals surface area contributed by atoms with Crippen molar-refractivity contribution >= 4 is 5.96 Å². The molecule has 0 aliphatic rings. The van der Waals surface area contributed by atoms with E-state index >= 15 is 0 Å². The van der Waals surface area contributed by atoms with Crippen LogP contribution in [0, 0.1) is 0 Å². The third-order valence-electron chi connectivity index (χ3n) is 3.92. The molecule has 0 radical (unpaired) electrons. The maximum Gasteiger partial charge on any atom is 0.193 e. The molecule has 0 saturated heterocycles. The number of aliphatic imine (C=N–C) groups is 1. The standard InChI is InChI=1S/C19H28N4O3/c1-14(2)18-12-17(26-22-18)13-21-19(20-3)23(4)10-11-25-16-8-6-15(24-5)7-9-16/h6-9,12,14H,10-11,13H2,1-5H3,(H,20,21). The molecule has 2 rings (SSSR count). The van der Waals surface area contributed by atoms with Gasteiger partial charge in [0.1, 0.15) is 18.1 Å². The Morgan fingerprint density at radius 1 is 1.27 bits per heavy atom. The number of likely N-dealkylation sites (N-methyl/N-ethyl adjacent to an activating group) is 1. The van der Waals surface area contributed by atoms with Crippen LogP contribution in [-0.2, 0) is 6.54 Å². The molecule has 1 N–H and O–H groups in total. The summed E-state index contributed by atoms with van der Waals surface area (Å²) in [5.74, 6) is 3.53. The highest BCUT2D eigenvalue weighted by molar-refractivity contribution is 5.79. The second-order valence-electron chi connectivity index (χ2n) is 6.22. The smallest absolute Gasteiger partial charge is 0.193 e. The lowest BCUT2D eigenvalue weighted by Crippen LogP contribution is -2.40. The summed E-state index contributed by atoms with van der Waals surface area (Å²) in [5.41, 5.74) is 0.957. The van der Waals surface area contributed by atoms with Crippen LogP contribution in [0.3, 0.4) is 0 Å². The maximum absolute atomic E-state index is 5.75. The molecule has 7 nitrogen and oxygen atoms in total. The van der Waals surface area contributed by atoms with Gasteiger partial charge in [-0.1, -0.05) is 19.0 Å². The van der Waals surface area contributed by atoms with Gasteiger partial charge in [0, 0.05) is 20.2 Å². The molecule has 7 heteroatoms. The van der Waals surface area contributed by atoms with E-state index in [9.17, 15) is 0 Å². The minimum absolute atomic E-state index is 0.351. The van der Waals surface area contributed by atoms with Crippen molar-refractivity contribution in [2.75, 3.05) is 34.4 Å². The van der Waals surface area contributed by atoms with E-state index in [-0.39, 0.29) is 0 Å². The third-order valence-corrected chi connectivity index (χ3v) is 3.92. The first-order chi connectivity index (χ1) is 12.5. The molecule has 0 aliphatic carbocycles. The van der Waals surface area contributed by atoms with Gasteiger partial charge >= 0.3 is 0 Å². The summed E-state index contributed by atoms with van der Waals surface area (Å²) in [6.07, 6.45) is 0. The molecule has 1 heterocycles. The summed E-state index contributed by atoms with van der Waals surface area (Å²) in [6, 6.07) is 9.51. The lowest BCUT2D eigenvalue weighted by molar-refractivity contribution is 0.280. The quantitative estimate of drug-likeness (QED) is 0.576. The molecule has 0 unspecified atom stereocenters. The average Bonchev–Trinajstić information content (AvgIpc) is 3.12. The normalized spacial score (nSPS) is 11.5. The maximum atomic E-state index is 5.75. The molecule has 0 saturated carbocycles. The molecule has 0 fully saturated rings. The Morgan fingerprint density at radius 2 is 1.96 bits per heavy atom. The Kier molecular flexibility index (Phi) is 7.32. The Bertz CT molecular complexity index is 695. The van der Waals surface area contributed by atoms with Crippen LogP contribution in [0.25, 0.3) is 0 Å². The first-order valence-corrected chi connectivity index (χ1v) is 8.67. The van der Waals surface area contributed by atoms with Gasteiger partial charge in [-0.05, 0) is 30.2 Å². The van der Waals surface area contributed by atoms with Gasteiger partial charge in [-0.25, -0.2) is 0 Å². The zero-order valence-corrected chi connectivity index (χ0v) is 16.2. The number of hydrogen-bond acceptors (Lipinski definition) is 5. The van der Waals surface area contributed by atoms with Crippen LogP contribution >= 0.6 is 0 Å². The SMILES string of the molecule is CN=C(NCc1cc(C(C)C)no1)N(C)CCOc1ccc(OC)cc1. The fourth-order valence-electron chi connectivity index (χ4n) is 2.31. The zero-order valence-electron chi connectivity index (χ0n) is 16.2. The van der Waals surface area contributed by atoms with E-state index in [1.54, 1.807) is 14.2 Å². The summed E-state index contributed by atoms with van der Waals surface area (Å²) < 4.78 is 16.2. The highest BCUT2D eigenvalue weighted by Crippen LogP contribution is 2.17. The first-order valence-electron chi connectivity index (χ1n) is 8.67. The Labute approximate surface area is 155 Å². The van der Waals surface area contributed by atoms with Crippen LogP contribution in [0.1, 0.15) is 31.2 Å². The number of guanidine groups is 1. The number of ether oxygens (including phenoxy) is 2. The second-order valence-corrected chi connectivity index (χ2v) is 6.22. The van der Waals surface area contributed by atoms with E-state index in [4.69, 9.17) is 14.0 Å². The third kappa shape index (κ3) is 5.68. The molecule has 0 bridgehead atoms. The fourth-order valence-corrected chi connectivity index (χ4v) is 2.31. The Hall–Kier alpha value is -2.70. The molecular formula is C19H28N4O3. The minimum atomic E-state index is 0.351. The van der Waals surface area contributed by atoms with Crippen molar-refractivity contribution < 1.29 is 14.0 Å². The largest absolute Gasteiger partial charge is 0.497 e. The lowest BCUT2D eigenvalue weighted by atomic mass is 10.1. The van der Waals surface area contributed by atoms with Crippen molar-refractivity contribution in [2.24, 2.45) is 4.99 Å². The number of hydrogen-bond donors (Lipinski definition) is 1. The van der Waals surface area contributed by atoms with Crippen molar-refractivity contribution in [3.8, 4) is 11.5 Å². The lowest BCUT2D eigenvalue weighted by Gasteiger charge is -2.21. The van der Waals surface area contributed by atoms with Crippen LogP contribution in [0.5, 0.6) is 11.5 Å². The molecule has 0 spiro atoms. The molecule has 1 aromatic carbocycles. The van der Waals surface area contributed by atoms with E-state index < -0.39 is 0 Å². The highest BCUT2D eigenvalue weighted by atomic mass is 16.5. The number of nitrogens with zero attached hydrogens (tertiary/aromatic N) is 3. The van der Waals surface area contributed by atoms with Crippen molar-refractivity contribution in [3.05, 3.63) is 41.8 Å². The monoisotopic (exact) mass is 360 g/mol. The molecule has 0 aliphatic heterocycles. The van der Waals surface area contributed by atoms with Crippen LogP contribution in [0.2, 0.25) is 0 Å². The van der Waals surface area contributed by atoms with Crippen LogP contribution in [0.4, 0.5) is 0 Å². The summed E-state index contributed by atoms with van der Waals surface area (Å²) >= 11 is 0. The van der Waals surface area contributed by atoms with Gasteiger partial charge in [-0.15, -0.1) is 0 Å². The first kappa shape index (κ1) is 19.6. The summed E-state index contributed by atoms with van der Waals surface area (Å²) in [5, 5.41) is 7.33. The van der Waals surface area contributed by atoms with Crippen LogP contribution in [-0.4, -0.2) is 50.4 Å². The van der Waals surface area contributed by atoms with Crippen molar-refractivity contribution in [1.82, 2.24) is 15.4 Å². The highest BCUT2D eigenvalue weighted by Gasteiger charge is 2.10. The van der Waals surface area contributed by atoms with Gasteiger partial charge in [0.25, 0.3) is 0 Å². The van der Waals surface area contributed by atoms with E-state index in [2.05, 4.69) is 29.3 Å². The van der Waals surface area contributed by atoms with Crippen molar-refractivity contribution in [3.63, 3.8) is 0 Å². The summed E-state index contributed by atoms with van der Waals surface area (Å²) in [4.78, 5) is 6.29. The molecule has 0 atom stereocenters.